The molecule has 3 aromatic carbocycles. The molecule has 0 aliphatic carbocycles. The highest BCUT2D eigenvalue weighted by atomic mass is 31.2. The third-order valence-corrected chi connectivity index (χ3v) is 7.33. The van der Waals surface area contributed by atoms with Gasteiger partial charge in [0.05, 0.1) is 19.8 Å². The minimum Gasteiger partial charge on any atom is -0.346 e. The van der Waals surface area contributed by atoms with Gasteiger partial charge in [0, 0.05) is 13.3 Å². The van der Waals surface area contributed by atoms with Crippen molar-refractivity contribution in [3.05, 3.63) is 130 Å². The Hall–Kier alpha value is -3.63. The quantitative estimate of drug-likeness (QED) is 0.113. The first kappa shape index (κ1) is 29.4. The maximum Gasteiger partial charge on any atom is 0.381 e. The summed E-state index contributed by atoms with van der Waals surface area (Å²) >= 11 is 0. The van der Waals surface area contributed by atoms with E-state index in [1.165, 1.54) is 17.9 Å². The van der Waals surface area contributed by atoms with Crippen LogP contribution < -0.4 is 10.8 Å². The summed E-state index contributed by atoms with van der Waals surface area (Å²) in [5, 5.41) is 1.65. The molecule has 0 aliphatic rings. The van der Waals surface area contributed by atoms with Crippen molar-refractivity contribution in [1.82, 2.24) is 9.55 Å². The monoisotopic (exact) mass is 565 g/mol. The number of hydrogen-bond acceptors (Lipinski definition) is 7. The van der Waals surface area contributed by atoms with Gasteiger partial charge in [0.1, 0.15) is 11.4 Å². The molecule has 210 valence electrons. The smallest absolute Gasteiger partial charge is 0.346 e. The fraction of sp³-hybridized carbons (Fsp3) is 0.241. The largest absolute Gasteiger partial charge is 0.381 e. The number of nitrogens with zero attached hydrogens (tertiary/aromatic N) is 3. The topological polar surface area (TPSA) is 123 Å². The van der Waals surface area contributed by atoms with Crippen molar-refractivity contribution < 1.29 is 28.7 Å². The van der Waals surface area contributed by atoms with Crippen molar-refractivity contribution in [2.75, 3.05) is 19.3 Å². The lowest BCUT2D eigenvalue weighted by molar-refractivity contribution is -0.114. The Balaban J connectivity index is 1.94. The average Bonchev–Trinajstić information content (AvgIpc) is 2.96. The van der Waals surface area contributed by atoms with E-state index >= 15 is 0 Å². The molecular weight excluding hydrogens is 533 g/mol. The van der Waals surface area contributed by atoms with E-state index in [0.717, 1.165) is 23.8 Å². The summed E-state index contributed by atoms with van der Waals surface area (Å²) in [4.78, 5) is 42.4. The molecule has 1 heterocycles. The molecule has 0 aliphatic heterocycles. The van der Waals surface area contributed by atoms with Crippen LogP contribution in [0.2, 0.25) is 0 Å². The molecule has 0 saturated heterocycles. The molecule has 1 unspecified atom stereocenters. The average molecular weight is 566 g/mol. The molecule has 10 nitrogen and oxygen atoms in total. The molecule has 0 radical (unpaired) electrons. The van der Waals surface area contributed by atoms with Gasteiger partial charge in [-0.2, -0.15) is 0 Å². The van der Waals surface area contributed by atoms with Gasteiger partial charge in [0.15, 0.2) is 0 Å². The van der Waals surface area contributed by atoms with Crippen LogP contribution in [0.15, 0.2) is 108 Å². The van der Waals surface area contributed by atoms with Gasteiger partial charge in [-0.3, -0.25) is 14.0 Å². The zero-order valence-electron chi connectivity index (χ0n) is 22.4. The fourth-order valence-electron chi connectivity index (χ4n) is 4.84. The normalized spacial score (nSPS) is 13.5. The summed E-state index contributed by atoms with van der Waals surface area (Å²) in [5.41, 5.74) is 0.947. The Bertz CT molecular complexity index is 1380. The number of hydrogen-bond donors (Lipinski definition) is 2. The lowest BCUT2D eigenvalue weighted by Gasteiger charge is -2.45. The number of rotatable bonds is 12. The van der Waals surface area contributed by atoms with E-state index < -0.39 is 31.0 Å². The van der Waals surface area contributed by atoms with Crippen LogP contribution in [0.3, 0.4) is 0 Å². The van der Waals surface area contributed by atoms with Crippen LogP contribution >= 0.6 is 7.60 Å². The van der Waals surface area contributed by atoms with Crippen molar-refractivity contribution in [1.29, 1.82) is 0 Å². The molecule has 0 amide bonds. The maximum atomic E-state index is 13.2. The van der Waals surface area contributed by atoms with Crippen molar-refractivity contribution in [3.8, 4) is 0 Å². The van der Waals surface area contributed by atoms with Crippen LogP contribution in [0.25, 0.3) is 0 Å². The molecule has 11 heteroatoms. The van der Waals surface area contributed by atoms with Gasteiger partial charge in [0.25, 0.3) is 6.03 Å². The standard InChI is InChI=1S/C29H32N3O7P/c1-22(39-28(37-2)40(34,35)36)21-31-26(19-20-30-27(31)33)32(38-3)29(23-13-7-4-8-14-23,24-15-9-5-10-16-24)25-17-11-6-12-18-25/h4-20,22,28H,21H2,1-3H3,(H2,34,35,36)/t22?,28-/m0/s1. The third kappa shape index (κ3) is 5.93. The Labute approximate surface area is 232 Å². The lowest BCUT2D eigenvalue weighted by atomic mass is 9.76. The van der Waals surface area contributed by atoms with Crippen LogP contribution in [0, 0.1) is 0 Å². The van der Waals surface area contributed by atoms with E-state index in [1.54, 1.807) is 18.1 Å². The molecule has 1 aromatic heterocycles. The molecule has 0 fully saturated rings. The van der Waals surface area contributed by atoms with Crippen LogP contribution in [-0.4, -0.2) is 45.7 Å². The highest BCUT2D eigenvalue weighted by Gasteiger charge is 2.45. The first-order valence-electron chi connectivity index (χ1n) is 12.5. The van der Waals surface area contributed by atoms with Gasteiger partial charge in [0.2, 0.25) is 0 Å². The second kappa shape index (κ2) is 12.7. The Morgan fingerprint density at radius 3 is 1.75 bits per heavy atom. The van der Waals surface area contributed by atoms with Gasteiger partial charge in [-0.15, -0.1) is 0 Å². The Kier molecular flexibility index (Phi) is 9.32. The van der Waals surface area contributed by atoms with E-state index in [0.29, 0.717) is 5.82 Å². The number of hydroxylamine groups is 1. The molecule has 4 aromatic rings. The first-order chi connectivity index (χ1) is 19.2. The highest BCUT2D eigenvalue weighted by molar-refractivity contribution is 7.52. The fourth-order valence-corrected chi connectivity index (χ4v) is 5.48. The Morgan fingerprint density at radius 1 is 0.875 bits per heavy atom. The number of anilines is 1. The summed E-state index contributed by atoms with van der Waals surface area (Å²) in [6.45, 7) is 1.48. The number of benzene rings is 3. The maximum absolute atomic E-state index is 13.2. The van der Waals surface area contributed by atoms with Crippen LogP contribution in [0.1, 0.15) is 23.6 Å². The van der Waals surface area contributed by atoms with Gasteiger partial charge < -0.3 is 19.3 Å². The molecule has 0 bridgehead atoms. The summed E-state index contributed by atoms with van der Waals surface area (Å²) in [6, 6.07) is 29.2. The minimum absolute atomic E-state index is 0.101. The second-order valence-electron chi connectivity index (χ2n) is 9.06. The van der Waals surface area contributed by atoms with Crippen LogP contribution in [0.4, 0.5) is 5.82 Å². The zero-order chi connectivity index (χ0) is 28.8. The lowest BCUT2D eigenvalue weighted by Crippen LogP contribution is -2.50. The van der Waals surface area contributed by atoms with Crippen molar-refractivity contribution >= 4 is 13.4 Å². The van der Waals surface area contributed by atoms with Crippen LogP contribution in [-0.2, 0) is 31.0 Å². The molecule has 40 heavy (non-hydrogen) atoms. The van der Waals surface area contributed by atoms with E-state index in [4.69, 9.17) is 14.3 Å². The molecule has 2 atom stereocenters. The molecule has 4 rings (SSSR count). The van der Waals surface area contributed by atoms with Crippen molar-refractivity contribution in [3.63, 3.8) is 0 Å². The molecule has 0 saturated carbocycles. The molecular formula is C29H32N3O7P. The summed E-state index contributed by atoms with van der Waals surface area (Å²) < 4.78 is 23.5. The highest BCUT2D eigenvalue weighted by Crippen LogP contribution is 2.45. The van der Waals surface area contributed by atoms with E-state index in [2.05, 4.69) is 4.98 Å². The third-order valence-electron chi connectivity index (χ3n) is 6.45. The SMILES string of the molecule is CO[C@@H](OC(C)Cn1c(N(OC)C(c2ccccc2)(c2ccccc2)c2ccccc2)ccnc1=O)P(=O)(O)O. The second-order valence-corrected chi connectivity index (χ2v) is 10.7. The van der Waals surface area contributed by atoms with Gasteiger partial charge in [-0.25, -0.2) is 14.8 Å². The Morgan fingerprint density at radius 2 is 1.35 bits per heavy atom. The van der Waals surface area contributed by atoms with E-state index in [-0.39, 0.29) is 6.54 Å². The zero-order valence-corrected chi connectivity index (χ0v) is 23.3. The van der Waals surface area contributed by atoms with E-state index in [9.17, 15) is 19.1 Å². The predicted octanol–water partition coefficient (Wildman–Crippen LogP) is 4.12. The predicted molar refractivity (Wildman–Crippen MR) is 151 cm³/mol. The van der Waals surface area contributed by atoms with Gasteiger partial charge in [-0.1, -0.05) is 91.0 Å². The van der Waals surface area contributed by atoms with Gasteiger partial charge >= 0.3 is 13.3 Å². The molecule has 2 N–H and O–H groups in total. The van der Waals surface area contributed by atoms with Crippen molar-refractivity contribution in [2.45, 2.75) is 31.1 Å². The van der Waals surface area contributed by atoms with Gasteiger partial charge in [-0.05, 0) is 29.7 Å². The number of ether oxygens (including phenoxy) is 2. The first-order valence-corrected chi connectivity index (χ1v) is 14.2. The summed E-state index contributed by atoms with van der Waals surface area (Å²) in [5.74, 6) is 0.347. The summed E-state index contributed by atoms with van der Waals surface area (Å²) in [7, 11) is -2.05. The molecule has 0 spiro atoms. The van der Waals surface area contributed by atoms with Crippen molar-refractivity contribution in [2.24, 2.45) is 0 Å². The summed E-state index contributed by atoms with van der Waals surface area (Å²) in [6.07, 6.45) is 0.543. The number of aromatic nitrogens is 2. The number of methoxy groups -OCH3 is 1. The van der Waals surface area contributed by atoms with E-state index in [1.807, 2.05) is 91.0 Å². The van der Waals surface area contributed by atoms with Crippen LogP contribution in [0.5, 0.6) is 0 Å². The minimum atomic E-state index is -4.71.